The molecule has 1 heterocycles. The zero-order valence-electron chi connectivity index (χ0n) is 27.5. The molecule has 0 saturated carbocycles. The fraction of sp³-hybridized carbons (Fsp3) is 0.257. The van der Waals surface area contributed by atoms with Gasteiger partial charge in [0.2, 0.25) is 0 Å². The number of phenols is 1. The minimum absolute atomic E-state index is 0.0555. The van der Waals surface area contributed by atoms with Crippen LogP contribution in [-0.4, -0.2) is 27.9 Å². The molecule has 0 bridgehead atoms. The Hall–Kier alpha value is -5.30. The van der Waals surface area contributed by atoms with Gasteiger partial charge in [0, 0.05) is 40.3 Å². The van der Waals surface area contributed by atoms with Gasteiger partial charge in [-0.1, -0.05) is 53.1 Å². The van der Waals surface area contributed by atoms with Crippen molar-refractivity contribution >= 4 is 40.8 Å². The summed E-state index contributed by atoms with van der Waals surface area (Å²) in [6.07, 6.45) is -3.34. The highest BCUT2D eigenvalue weighted by molar-refractivity contribution is 6.31. The molecule has 4 aromatic rings. The van der Waals surface area contributed by atoms with Gasteiger partial charge in [0.05, 0.1) is 10.6 Å². The minimum atomic E-state index is -4.68. The summed E-state index contributed by atoms with van der Waals surface area (Å²) in [5.74, 6) is -0.591. The maximum Gasteiger partial charge on any atom is 0.417 e. The zero-order chi connectivity index (χ0) is 36.3. The maximum atomic E-state index is 13.1. The fourth-order valence-corrected chi connectivity index (χ4v) is 4.84. The lowest BCUT2D eigenvalue weighted by molar-refractivity contribution is -0.137. The zero-order valence-corrected chi connectivity index (χ0v) is 28.2. The number of urea groups is 1. The van der Waals surface area contributed by atoms with Crippen molar-refractivity contribution in [2.45, 2.75) is 58.5 Å². The lowest BCUT2D eigenvalue weighted by Gasteiger charge is -2.28. The predicted molar refractivity (Wildman–Crippen MR) is 180 cm³/mol. The molecular formula is C35H35ClF3N5O5. The summed E-state index contributed by atoms with van der Waals surface area (Å²) in [4.78, 5) is 42.3. The first-order chi connectivity index (χ1) is 22.7. The number of rotatable bonds is 6. The van der Waals surface area contributed by atoms with Gasteiger partial charge in [-0.25, -0.2) is 4.79 Å². The average Bonchev–Trinajstić information content (AvgIpc) is 3.00. The molecule has 0 fully saturated rings. The quantitative estimate of drug-likeness (QED) is 0.128. The molecule has 0 atom stereocenters. The largest absolute Gasteiger partial charge is 0.507 e. The number of carbonyl (C=O) groups excluding carboxylic acids is 3. The van der Waals surface area contributed by atoms with Crippen molar-refractivity contribution in [3.05, 3.63) is 106 Å². The highest BCUT2D eigenvalue weighted by Gasteiger charge is 2.33. The number of nitrogens with one attached hydrogen (secondary N) is 4. The van der Waals surface area contributed by atoms with E-state index in [2.05, 4.69) is 26.5 Å². The van der Waals surface area contributed by atoms with Crippen molar-refractivity contribution in [1.82, 2.24) is 15.8 Å². The number of aromatic nitrogens is 1. The topological polar surface area (TPSA) is 142 Å². The van der Waals surface area contributed by atoms with E-state index >= 15 is 0 Å². The Kier molecular flexibility index (Phi) is 10.5. The standard InChI is InChI=1S/C35H35ClF3N5O5/c1-33(2,3)25-15-19(16-26(29(25)45)34(4,5)6)30(46)43-44-31(47)28-18-23(13-14-40-28)49-22-10-7-20(8-11-22)41-32(48)42-21-9-12-27(36)24(17-21)35(37,38)39/h7-18,45H,1-6H3,(H,43,46)(H,44,47)(H2,41,42,48). The Morgan fingerprint density at radius 2 is 1.27 bits per heavy atom. The number of aromatic hydroxyl groups is 1. The first kappa shape index (κ1) is 36.5. The van der Waals surface area contributed by atoms with Gasteiger partial charge in [-0.2, -0.15) is 13.2 Å². The maximum absolute atomic E-state index is 13.1. The van der Waals surface area contributed by atoms with Crippen LogP contribution in [0.3, 0.4) is 0 Å². The molecule has 4 rings (SSSR count). The first-order valence-electron chi connectivity index (χ1n) is 14.9. The van der Waals surface area contributed by atoms with Crippen LogP contribution in [0.2, 0.25) is 5.02 Å². The molecule has 49 heavy (non-hydrogen) atoms. The molecule has 3 aromatic carbocycles. The van der Waals surface area contributed by atoms with Gasteiger partial charge in [-0.05, 0) is 71.5 Å². The second-order valence-electron chi connectivity index (χ2n) is 13.1. The molecule has 0 aliphatic carbocycles. The van der Waals surface area contributed by atoms with Crippen molar-refractivity contribution in [3.63, 3.8) is 0 Å². The van der Waals surface area contributed by atoms with Crippen LogP contribution in [0, 0.1) is 0 Å². The van der Waals surface area contributed by atoms with Crippen LogP contribution in [0.15, 0.2) is 72.9 Å². The first-order valence-corrected chi connectivity index (χ1v) is 15.3. The van der Waals surface area contributed by atoms with Crippen molar-refractivity contribution in [2.24, 2.45) is 0 Å². The molecule has 0 aliphatic rings. The summed E-state index contributed by atoms with van der Waals surface area (Å²) in [7, 11) is 0. The Bertz CT molecular complexity index is 1850. The summed E-state index contributed by atoms with van der Waals surface area (Å²) in [6.45, 7) is 11.5. The minimum Gasteiger partial charge on any atom is -0.507 e. The van der Waals surface area contributed by atoms with E-state index in [1.807, 2.05) is 41.5 Å². The van der Waals surface area contributed by atoms with Gasteiger partial charge < -0.3 is 20.5 Å². The van der Waals surface area contributed by atoms with Crippen molar-refractivity contribution in [3.8, 4) is 17.2 Å². The van der Waals surface area contributed by atoms with E-state index in [0.29, 0.717) is 22.6 Å². The molecular weight excluding hydrogens is 663 g/mol. The number of hydrazine groups is 1. The highest BCUT2D eigenvalue weighted by atomic mass is 35.5. The molecule has 0 spiro atoms. The summed E-state index contributed by atoms with van der Waals surface area (Å²) in [5, 5.41) is 15.3. The van der Waals surface area contributed by atoms with Gasteiger partial charge in [-0.15, -0.1) is 0 Å². The molecule has 258 valence electrons. The SMILES string of the molecule is CC(C)(C)c1cc(C(=O)NNC(=O)c2cc(Oc3ccc(NC(=O)Nc4ccc(Cl)c(C(F)(F)F)c4)cc3)ccn2)cc(C(C)(C)C)c1O. The molecule has 4 amide bonds. The molecule has 0 aliphatic heterocycles. The second-order valence-corrected chi connectivity index (χ2v) is 13.5. The van der Waals surface area contributed by atoms with E-state index < -0.39 is 45.4 Å². The van der Waals surface area contributed by atoms with Crippen LogP contribution in [0.5, 0.6) is 17.2 Å². The van der Waals surface area contributed by atoms with E-state index in [1.165, 1.54) is 48.7 Å². The van der Waals surface area contributed by atoms with Gasteiger partial charge in [-0.3, -0.25) is 25.4 Å². The number of anilines is 2. The van der Waals surface area contributed by atoms with Crippen LogP contribution in [0.1, 0.15) is 79.1 Å². The third-order valence-corrected chi connectivity index (χ3v) is 7.45. The fourth-order valence-electron chi connectivity index (χ4n) is 4.61. The smallest absolute Gasteiger partial charge is 0.417 e. The number of ether oxygens (including phenoxy) is 1. The number of benzene rings is 3. The number of phenolic OH excluding ortho intramolecular Hbond substituents is 1. The van der Waals surface area contributed by atoms with E-state index in [9.17, 15) is 32.7 Å². The number of pyridine rings is 1. The molecule has 0 saturated heterocycles. The number of hydrogen-bond acceptors (Lipinski definition) is 6. The monoisotopic (exact) mass is 697 g/mol. The van der Waals surface area contributed by atoms with Crippen LogP contribution in [-0.2, 0) is 17.0 Å². The van der Waals surface area contributed by atoms with Crippen LogP contribution in [0.25, 0.3) is 0 Å². The number of hydrogen-bond donors (Lipinski definition) is 5. The van der Waals surface area contributed by atoms with E-state index in [1.54, 1.807) is 12.1 Å². The number of nitrogens with zero attached hydrogens (tertiary/aromatic N) is 1. The summed E-state index contributed by atoms with van der Waals surface area (Å²) >= 11 is 5.62. The molecule has 0 unspecified atom stereocenters. The third-order valence-electron chi connectivity index (χ3n) is 7.12. The Balaban J connectivity index is 1.37. The Morgan fingerprint density at radius 1 is 0.714 bits per heavy atom. The Morgan fingerprint density at radius 3 is 1.84 bits per heavy atom. The number of alkyl halides is 3. The van der Waals surface area contributed by atoms with Crippen LogP contribution in [0.4, 0.5) is 29.3 Å². The van der Waals surface area contributed by atoms with E-state index in [-0.39, 0.29) is 28.4 Å². The predicted octanol–water partition coefficient (Wildman–Crippen LogP) is 8.57. The number of amides is 4. The van der Waals surface area contributed by atoms with Crippen molar-refractivity contribution < 1.29 is 37.4 Å². The Labute approximate surface area is 286 Å². The summed E-state index contributed by atoms with van der Waals surface area (Å²) in [6, 6.07) is 14.3. The van der Waals surface area contributed by atoms with Gasteiger partial charge in [0.1, 0.15) is 22.9 Å². The van der Waals surface area contributed by atoms with Gasteiger partial charge >= 0.3 is 12.2 Å². The molecule has 10 nitrogen and oxygen atoms in total. The lowest BCUT2D eigenvalue weighted by Crippen LogP contribution is -2.42. The van der Waals surface area contributed by atoms with Crippen molar-refractivity contribution in [1.29, 1.82) is 0 Å². The molecule has 14 heteroatoms. The number of halogens is 4. The molecule has 0 radical (unpaired) electrons. The summed E-state index contributed by atoms with van der Waals surface area (Å²) in [5.41, 5.74) is 4.37. The third kappa shape index (κ3) is 9.41. The van der Waals surface area contributed by atoms with Crippen molar-refractivity contribution in [2.75, 3.05) is 10.6 Å². The van der Waals surface area contributed by atoms with Crippen LogP contribution >= 0.6 is 11.6 Å². The van der Waals surface area contributed by atoms with Gasteiger partial charge in [0.25, 0.3) is 11.8 Å². The second kappa shape index (κ2) is 14.0. The normalized spacial score (nSPS) is 11.8. The molecule has 5 N–H and O–H groups in total. The lowest BCUT2D eigenvalue weighted by atomic mass is 9.78. The van der Waals surface area contributed by atoms with Gasteiger partial charge in [0.15, 0.2) is 0 Å². The van der Waals surface area contributed by atoms with E-state index in [0.717, 1.165) is 12.1 Å². The average molecular weight is 698 g/mol. The molecule has 1 aromatic heterocycles. The van der Waals surface area contributed by atoms with Crippen LogP contribution < -0.4 is 26.2 Å². The number of carbonyl (C=O) groups is 3. The summed E-state index contributed by atoms with van der Waals surface area (Å²) < 4.78 is 45.1. The highest BCUT2D eigenvalue weighted by Crippen LogP contribution is 2.40. The van der Waals surface area contributed by atoms with E-state index in [4.69, 9.17) is 16.3 Å².